The first-order valence-corrected chi connectivity index (χ1v) is 6.26. The van der Waals surface area contributed by atoms with E-state index >= 15 is 0 Å². The Morgan fingerprint density at radius 3 is 2.38 bits per heavy atom. The van der Waals surface area contributed by atoms with Crippen molar-refractivity contribution >= 4 is 18.0 Å². The van der Waals surface area contributed by atoms with Crippen LogP contribution < -0.4 is 5.32 Å². The minimum absolute atomic E-state index is 0.00662. The summed E-state index contributed by atoms with van der Waals surface area (Å²) in [4.78, 5) is 33.5. The highest BCUT2D eigenvalue weighted by Crippen LogP contribution is 2.10. The number of hydrogen-bond acceptors (Lipinski definition) is 6. The summed E-state index contributed by atoms with van der Waals surface area (Å²) in [6.07, 6.45) is 0.313. The number of amides is 1. The van der Waals surface area contributed by atoms with Crippen molar-refractivity contribution in [1.82, 2.24) is 5.32 Å². The summed E-state index contributed by atoms with van der Waals surface area (Å²) < 4.78 is 14.7. The molecule has 118 valence electrons. The average molecular weight is 299 g/mol. The third kappa shape index (κ3) is 9.26. The Morgan fingerprint density at radius 1 is 1.24 bits per heavy atom. The zero-order valence-electron chi connectivity index (χ0n) is 12.6. The summed E-state index contributed by atoms with van der Waals surface area (Å²) in [5.41, 5.74) is -0.709. The largest absolute Gasteiger partial charge is 0.460 e. The van der Waals surface area contributed by atoms with Crippen molar-refractivity contribution in [3.8, 4) is 0 Å². The standard InChI is InChI=1S/C14H21NO6/c1-6-11(16)20-9-14(4,5)21-13(18)15-7-8-19-12(17)10(2)3/h6H,1-2,7-9H2,3-5H3,(H,15,18). The second-order valence-corrected chi connectivity index (χ2v) is 4.80. The maximum Gasteiger partial charge on any atom is 0.407 e. The van der Waals surface area contributed by atoms with Gasteiger partial charge >= 0.3 is 18.0 Å². The van der Waals surface area contributed by atoms with E-state index in [1.807, 2.05) is 0 Å². The van der Waals surface area contributed by atoms with Gasteiger partial charge in [-0.05, 0) is 20.8 Å². The molecule has 0 bridgehead atoms. The van der Waals surface area contributed by atoms with Gasteiger partial charge in [-0.1, -0.05) is 13.2 Å². The molecule has 0 aromatic carbocycles. The number of carbonyl (C=O) groups is 3. The highest BCUT2D eigenvalue weighted by Gasteiger charge is 2.24. The molecule has 0 saturated carbocycles. The van der Waals surface area contributed by atoms with Crippen LogP contribution in [-0.4, -0.2) is 43.4 Å². The van der Waals surface area contributed by atoms with Crippen LogP contribution in [0.25, 0.3) is 0 Å². The van der Waals surface area contributed by atoms with Crippen LogP contribution in [0.3, 0.4) is 0 Å². The fraction of sp³-hybridized carbons (Fsp3) is 0.500. The molecule has 21 heavy (non-hydrogen) atoms. The SMILES string of the molecule is C=CC(=O)OCC(C)(C)OC(=O)NCCOC(=O)C(=C)C. The lowest BCUT2D eigenvalue weighted by molar-refractivity contribution is -0.144. The van der Waals surface area contributed by atoms with E-state index in [9.17, 15) is 14.4 Å². The Balaban J connectivity index is 3.96. The quantitative estimate of drug-likeness (QED) is 0.315. The van der Waals surface area contributed by atoms with Gasteiger partial charge in [0.1, 0.15) is 18.8 Å². The second-order valence-electron chi connectivity index (χ2n) is 4.80. The van der Waals surface area contributed by atoms with Crippen LogP contribution in [0.1, 0.15) is 20.8 Å². The van der Waals surface area contributed by atoms with Crippen molar-refractivity contribution < 1.29 is 28.6 Å². The lowest BCUT2D eigenvalue weighted by Crippen LogP contribution is -2.39. The van der Waals surface area contributed by atoms with Crippen LogP contribution in [0.2, 0.25) is 0 Å². The number of carbonyl (C=O) groups excluding carboxylic acids is 3. The van der Waals surface area contributed by atoms with Gasteiger partial charge in [-0.25, -0.2) is 14.4 Å². The predicted molar refractivity (Wildman–Crippen MR) is 75.5 cm³/mol. The molecule has 7 nitrogen and oxygen atoms in total. The minimum Gasteiger partial charge on any atom is -0.460 e. The molecule has 0 fully saturated rings. The topological polar surface area (TPSA) is 90.9 Å². The molecule has 0 unspecified atom stereocenters. The highest BCUT2D eigenvalue weighted by molar-refractivity contribution is 5.86. The Kier molecular flexibility index (Phi) is 7.81. The summed E-state index contributed by atoms with van der Waals surface area (Å²) in [6.45, 7) is 11.4. The molecule has 1 amide bonds. The van der Waals surface area contributed by atoms with Crippen LogP contribution >= 0.6 is 0 Å². The van der Waals surface area contributed by atoms with Gasteiger partial charge in [0.2, 0.25) is 0 Å². The van der Waals surface area contributed by atoms with E-state index in [2.05, 4.69) is 18.5 Å². The predicted octanol–water partition coefficient (Wildman–Crippen LogP) is 1.34. The van der Waals surface area contributed by atoms with Crippen LogP contribution in [0.4, 0.5) is 4.79 Å². The minimum atomic E-state index is -0.989. The van der Waals surface area contributed by atoms with Crippen LogP contribution in [-0.2, 0) is 23.8 Å². The maximum absolute atomic E-state index is 11.5. The molecule has 0 heterocycles. The summed E-state index contributed by atoms with van der Waals surface area (Å²) in [7, 11) is 0. The lowest BCUT2D eigenvalue weighted by Gasteiger charge is -2.24. The third-order valence-electron chi connectivity index (χ3n) is 2.05. The molecule has 0 saturated heterocycles. The van der Waals surface area contributed by atoms with Gasteiger partial charge in [-0.15, -0.1) is 0 Å². The van der Waals surface area contributed by atoms with E-state index < -0.39 is 23.6 Å². The molecule has 0 aliphatic rings. The molecule has 0 aliphatic heterocycles. The average Bonchev–Trinajstić information content (AvgIpc) is 2.40. The Bertz CT molecular complexity index is 427. The summed E-state index contributed by atoms with van der Waals surface area (Å²) in [6, 6.07) is 0. The van der Waals surface area contributed by atoms with Gasteiger partial charge in [0.05, 0.1) is 6.54 Å². The highest BCUT2D eigenvalue weighted by atomic mass is 16.6. The maximum atomic E-state index is 11.5. The second kappa shape index (κ2) is 8.78. The van der Waals surface area contributed by atoms with E-state index in [1.165, 1.54) is 6.92 Å². The first-order chi connectivity index (χ1) is 9.68. The number of rotatable bonds is 8. The van der Waals surface area contributed by atoms with Crippen molar-refractivity contribution in [2.75, 3.05) is 19.8 Å². The smallest absolute Gasteiger partial charge is 0.407 e. The Labute approximate surface area is 123 Å². The lowest BCUT2D eigenvalue weighted by atomic mass is 10.1. The van der Waals surface area contributed by atoms with Gasteiger partial charge in [-0.3, -0.25) is 0 Å². The molecule has 1 N–H and O–H groups in total. The number of alkyl carbamates (subject to hydrolysis) is 1. The van der Waals surface area contributed by atoms with Gasteiger partial charge in [0.15, 0.2) is 0 Å². The third-order valence-corrected chi connectivity index (χ3v) is 2.05. The van der Waals surface area contributed by atoms with E-state index in [4.69, 9.17) is 14.2 Å². The van der Waals surface area contributed by atoms with Crippen LogP contribution in [0, 0.1) is 0 Å². The van der Waals surface area contributed by atoms with Gasteiger partial charge in [-0.2, -0.15) is 0 Å². The summed E-state index contributed by atoms with van der Waals surface area (Å²) in [5, 5.41) is 2.41. The van der Waals surface area contributed by atoms with Gasteiger partial charge < -0.3 is 19.5 Å². The van der Waals surface area contributed by atoms with E-state index in [0.29, 0.717) is 0 Å². The number of nitrogens with one attached hydrogen (secondary N) is 1. The van der Waals surface area contributed by atoms with Crippen molar-refractivity contribution in [1.29, 1.82) is 0 Å². The molecule has 0 aromatic heterocycles. The Morgan fingerprint density at radius 2 is 1.86 bits per heavy atom. The van der Waals surface area contributed by atoms with E-state index in [0.717, 1.165) is 6.08 Å². The van der Waals surface area contributed by atoms with E-state index in [-0.39, 0.29) is 25.3 Å². The number of ether oxygens (including phenoxy) is 3. The molecule has 7 heteroatoms. The normalized spacial score (nSPS) is 10.2. The fourth-order valence-corrected chi connectivity index (χ4v) is 1.04. The first-order valence-electron chi connectivity index (χ1n) is 6.26. The number of hydrogen-bond donors (Lipinski definition) is 1. The van der Waals surface area contributed by atoms with Crippen molar-refractivity contribution in [3.63, 3.8) is 0 Å². The van der Waals surface area contributed by atoms with Crippen LogP contribution in [0.5, 0.6) is 0 Å². The molecule has 0 spiro atoms. The summed E-state index contributed by atoms with van der Waals surface area (Å²) in [5.74, 6) is -1.12. The molecule has 0 aromatic rings. The molecular weight excluding hydrogens is 278 g/mol. The molecule has 0 radical (unpaired) electrons. The zero-order valence-corrected chi connectivity index (χ0v) is 12.6. The monoisotopic (exact) mass is 299 g/mol. The van der Waals surface area contributed by atoms with Gasteiger partial charge in [0.25, 0.3) is 0 Å². The van der Waals surface area contributed by atoms with Crippen molar-refractivity contribution in [2.45, 2.75) is 26.4 Å². The first kappa shape index (κ1) is 18.7. The molecule has 0 rings (SSSR count). The van der Waals surface area contributed by atoms with Crippen molar-refractivity contribution in [2.24, 2.45) is 0 Å². The van der Waals surface area contributed by atoms with Crippen LogP contribution in [0.15, 0.2) is 24.8 Å². The van der Waals surface area contributed by atoms with E-state index in [1.54, 1.807) is 13.8 Å². The molecule has 0 aliphatic carbocycles. The van der Waals surface area contributed by atoms with Gasteiger partial charge in [0, 0.05) is 11.6 Å². The summed E-state index contributed by atoms with van der Waals surface area (Å²) >= 11 is 0. The van der Waals surface area contributed by atoms with Crippen molar-refractivity contribution in [3.05, 3.63) is 24.8 Å². The zero-order chi connectivity index (χ0) is 16.5. The number of esters is 2. The fourth-order valence-electron chi connectivity index (χ4n) is 1.04. The molecular formula is C14H21NO6. The Hall–Kier alpha value is -2.31. The molecule has 0 atom stereocenters.